The van der Waals surface area contributed by atoms with Crippen molar-refractivity contribution in [2.24, 2.45) is 0 Å². The third-order valence-electron chi connectivity index (χ3n) is 5.19. The molecule has 0 aliphatic carbocycles. The van der Waals surface area contributed by atoms with E-state index < -0.39 is 17.8 Å². The van der Waals surface area contributed by atoms with Crippen LogP contribution in [0.3, 0.4) is 0 Å². The molecule has 0 atom stereocenters. The molecule has 0 spiro atoms. The summed E-state index contributed by atoms with van der Waals surface area (Å²) in [5.41, 5.74) is 8.30. The first-order chi connectivity index (χ1) is 16.3. The Labute approximate surface area is 194 Å². The molecule has 0 radical (unpaired) electrons. The van der Waals surface area contributed by atoms with Crippen molar-refractivity contribution >= 4 is 17.5 Å². The Morgan fingerprint density at radius 3 is 2.15 bits per heavy atom. The van der Waals surface area contributed by atoms with Crippen LogP contribution in [0.5, 0.6) is 0 Å². The zero-order valence-electron chi connectivity index (χ0n) is 18.0. The van der Waals surface area contributed by atoms with Crippen molar-refractivity contribution in [3.8, 4) is 16.9 Å². The molecule has 6 nitrogen and oxygen atoms in total. The number of halogens is 3. The van der Waals surface area contributed by atoms with Gasteiger partial charge in [0.1, 0.15) is 11.4 Å². The van der Waals surface area contributed by atoms with Gasteiger partial charge in [0, 0.05) is 12.1 Å². The molecule has 4 rings (SSSR count). The van der Waals surface area contributed by atoms with Gasteiger partial charge >= 0.3 is 12.2 Å². The molecule has 3 aromatic carbocycles. The van der Waals surface area contributed by atoms with Crippen LogP contribution in [0.25, 0.3) is 16.9 Å². The van der Waals surface area contributed by atoms with Crippen LogP contribution in [0.1, 0.15) is 11.1 Å². The maximum absolute atomic E-state index is 12.9. The van der Waals surface area contributed by atoms with E-state index in [1.54, 1.807) is 12.1 Å². The summed E-state index contributed by atoms with van der Waals surface area (Å²) in [6, 6.07) is 22.8. The van der Waals surface area contributed by atoms with Crippen LogP contribution >= 0.6 is 0 Å². The number of carbonyl (C=O) groups is 1. The standard InChI is InChI=1S/C25H22F3N5O/c26-25(27,28)19-11-13-20(14-12-19)33-23(29)22(21(32-33)18-9-5-2-6-10-18)31-24(34)30-16-15-17-7-3-1-4-8-17/h1-14H,15-16,29H2,(H2,30,31,34). The second-order valence-corrected chi connectivity index (χ2v) is 7.55. The lowest BCUT2D eigenvalue weighted by atomic mass is 10.1. The second kappa shape index (κ2) is 9.70. The molecule has 0 saturated carbocycles. The fourth-order valence-corrected chi connectivity index (χ4v) is 3.46. The number of carbonyl (C=O) groups excluding carboxylic acids is 1. The number of nitrogens with one attached hydrogen (secondary N) is 2. The Bertz CT molecular complexity index is 1250. The van der Waals surface area contributed by atoms with Gasteiger partial charge in [-0.1, -0.05) is 60.7 Å². The fraction of sp³-hybridized carbons (Fsp3) is 0.120. The summed E-state index contributed by atoms with van der Waals surface area (Å²) in [5.74, 6) is 0.0943. The van der Waals surface area contributed by atoms with E-state index in [0.717, 1.165) is 17.7 Å². The molecular weight excluding hydrogens is 443 g/mol. The topological polar surface area (TPSA) is 85.0 Å². The van der Waals surface area contributed by atoms with E-state index in [-0.39, 0.29) is 11.5 Å². The molecule has 0 saturated heterocycles. The van der Waals surface area contributed by atoms with Gasteiger partial charge in [0.05, 0.1) is 11.3 Å². The summed E-state index contributed by atoms with van der Waals surface area (Å²) in [6.07, 6.45) is -3.80. The van der Waals surface area contributed by atoms with Crippen molar-refractivity contribution in [3.63, 3.8) is 0 Å². The monoisotopic (exact) mass is 465 g/mol. The summed E-state index contributed by atoms with van der Waals surface area (Å²) >= 11 is 0. The van der Waals surface area contributed by atoms with E-state index in [4.69, 9.17) is 5.73 Å². The Morgan fingerprint density at radius 1 is 0.912 bits per heavy atom. The number of benzene rings is 3. The average molecular weight is 465 g/mol. The van der Waals surface area contributed by atoms with E-state index in [1.807, 2.05) is 48.5 Å². The number of alkyl halides is 3. The van der Waals surface area contributed by atoms with Gasteiger partial charge in [0.15, 0.2) is 5.82 Å². The summed E-state index contributed by atoms with van der Waals surface area (Å²) in [4.78, 5) is 12.6. The zero-order valence-corrected chi connectivity index (χ0v) is 18.0. The minimum Gasteiger partial charge on any atom is -0.382 e. The lowest BCUT2D eigenvalue weighted by Crippen LogP contribution is -2.30. The van der Waals surface area contributed by atoms with Gasteiger partial charge in [-0.25, -0.2) is 9.48 Å². The van der Waals surface area contributed by atoms with E-state index in [2.05, 4.69) is 15.7 Å². The molecule has 2 amide bonds. The van der Waals surface area contributed by atoms with Crippen LogP contribution in [0, 0.1) is 0 Å². The molecule has 4 N–H and O–H groups in total. The number of nitrogen functional groups attached to an aromatic ring is 1. The molecule has 0 aliphatic heterocycles. The van der Waals surface area contributed by atoms with Gasteiger partial charge in [-0.05, 0) is 36.2 Å². The van der Waals surface area contributed by atoms with Gasteiger partial charge in [-0.15, -0.1) is 0 Å². The summed E-state index contributed by atoms with van der Waals surface area (Å²) in [7, 11) is 0. The van der Waals surface area contributed by atoms with Crippen molar-refractivity contribution in [2.45, 2.75) is 12.6 Å². The number of rotatable bonds is 6. The molecule has 1 heterocycles. The van der Waals surface area contributed by atoms with Gasteiger partial charge in [-0.3, -0.25) is 0 Å². The number of amides is 2. The molecule has 1 aromatic heterocycles. The first-order valence-corrected chi connectivity index (χ1v) is 10.5. The lowest BCUT2D eigenvalue weighted by Gasteiger charge is -2.10. The number of nitrogens with zero attached hydrogens (tertiary/aromatic N) is 2. The van der Waals surface area contributed by atoms with E-state index in [9.17, 15) is 18.0 Å². The highest BCUT2D eigenvalue weighted by atomic mass is 19.4. The van der Waals surface area contributed by atoms with E-state index >= 15 is 0 Å². The first kappa shape index (κ1) is 22.9. The molecule has 4 aromatic rings. The van der Waals surface area contributed by atoms with Crippen molar-refractivity contribution in [1.29, 1.82) is 0 Å². The predicted octanol–water partition coefficient (Wildman–Crippen LogP) is 5.50. The Balaban J connectivity index is 1.59. The molecule has 0 aliphatic rings. The van der Waals surface area contributed by atoms with Gasteiger partial charge in [0.25, 0.3) is 0 Å². The van der Waals surface area contributed by atoms with Gasteiger partial charge in [-0.2, -0.15) is 18.3 Å². The summed E-state index contributed by atoms with van der Waals surface area (Å²) in [5, 5.41) is 10.0. The molecule has 9 heteroatoms. The maximum atomic E-state index is 12.9. The lowest BCUT2D eigenvalue weighted by molar-refractivity contribution is -0.137. The number of nitrogens with two attached hydrogens (primary N) is 1. The van der Waals surface area contributed by atoms with Crippen LogP contribution < -0.4 is 16.4 Å². The summed E-state index contributed by atoms with van der Waals surface area (Å²) in [6.45, 7) is 0.406. The number of hydrogen-bond donors (Lipinski definition) is 3. The Hall–Kier alpha value is -4.27. The third-order valence-corrected chi connectivity index (χ3v) is 5.19. The molecular formula is C25H22F3N5O. The highest BCUT2D eigenvalue weighted by Crippen LogP contribution is 2.35. The largest absolute Gasteiger partial charge is 0.416 e. The van der Waals surface area contributed by atoms with Crippen molar-refractivity contribution in [3.05, 3.63) is 96.1 Å². The number of hydrogen-bond acceptors (Lipinski definition) is 3. The van der Waals surface area contributed by atoms with Crippen molar-refractivity contribution < 1.29 is 18.0 Å². The molecule has 34 heavy (non-hydrogen) atoms. The smallest absolute Gasteiger partial charge is 0.382 e. The number of anilines is 2. The normalized spacial score (nSPS) is 11.3. The Kier molecular flexibility index (Phi) is 6.53. The molecule has 174 valence electrons. The maximum Gasteiger partial charge on any atom is 0.416 e. The minimum atomic E-state index is -4.45. The predicted molar refractivity (Wildman–Crippen MR) is 126 cm³/mol. The van der Waals surface area contributed by atoms with Crippen molar-refractivity contribution in [1.82, 2.24) is 15.1 Å². The number of urea groups is 1. The SMILES string of the molecule is Nc1c(NC(=O)NCCc2ccccc2)c(-c2ccccc2)nn1-c1ccc(C(F)(F)F)cc1. The molecule has 0 fully saturated rings. The van der Waals surface area contributed by atoms with Crippen LogP contribution in [0.4, 0.5) is 29.5 Å². The Morgan fingerprint density at radius 2 is 1.53 bits per heavy atom. The summed E-state index contributed by atoms with van der Waals surface area (Å²) < 4.78 is 40.1. The van der Waals surface area contributed by atoms with Crippen LogP contribution in [-0.4, -0.2) is 22.4 Å². The van der Waals surface area contributed by atoms with Gasteiger partial charge in [0.2, 0.25) is 0 Å². The minimum absolute atomic E-state index is 0.0943. The first-order valence-electron chi connectivity index (χ1n) is 10.5. The molecule has 0 unspecified atom stereocenters. The number of aromatic nitrogens is 2. The van der Waals surface area contributed by atoms with E-state index in [1.165, 1.54) is 16.8 Å². The van der Waals surface area contributed by atoms with E-state index in [0.29, 0.717) is 29.9 Å². The highest BCUT2D eigenvalue weighted by molar-refractivity contribution is 5.97. The average Bonchev–Trinajstić information content (AvgIpc) is 3.16. The second-order valence-electron chi connectivity index (χ2n) is 7.55. The van der Waals surface area contributed by atoms with Crippen molar-refractivity contribution in [2.75, 3.05) is 17.6 Å². The third kappa shape index (κ3) is 5.20. The van der Waals surface area contributed by atoms with Crippen LogP contribution in [0.15, 0.2) is 84.9 Å². The highest BCUT2D eigenvalue weighted by Gasteiger charge is 2.30. The van der Waals surface area contributed by atoms with Crippen LogP contribution in [-0.2, 0) is 12.6 Å². The molecule has 0 bridgehead atoms. The van der Waals surface area contributed by atoms with Gasteiger partial charge < -0.3 is 16.4 Å². The fourth-order valence-electron chi connectivity index (χ4n) is 3.46. The van der Waals surface area contributed by atoms with Crippen LogP contribution in [0.2, 0.25) is 0 Å². The quantitative estimate of drug-likeness (QED) is 0.351. The zero-order chi connectivity index (χ0) is 24.1.